The Morgan fingerprint density at radius 3 is 2.54 bits per heavy atom. The first-order valence-corrected chi connectivity index (χ1v) is 8.91. The standard InChI is InChI=1S/C19H23FN2O6/c1-11(2)17(18(26)21-13(9-16(24)25)15(23)10-20)28-19(27)22-8-7-12-5-3-4-6-14(12)22/h3-6,11,13,17H,7-10H2,1-2H3,(H,21,26)(H,24,25)/t13?,17-/m0/s1. The molecular weight excluding hydrogens is 371 g/mol. The lowest BCUT2D eigenvalue weighted by atomic mass is 10.0. The third-order valence-electron chi connectivity index (χ3n) is 4.41. The highest BCUT2D eigenvalue weighted by Crippen LogP contribution is 2.28. The summed E-state index contributed by atoms with van der Waals surface area (Å²) in [6.45, 7) is 2.28. The van der Waals surface area contributed by atoms with Crippen LogP contribution in [0.4, 0.5) is 14.9 Å². The number of para-hydroxylation sites is 1. The normalized spacial score (nSPS) is 14.9. The number of ether oxygens (including phenoxy) is 1. The molecular formula is C19H23FN2O6. The summed E-state index contributed by atoms with van der Waals surface area (Å²) in [4.78, 5) is 49.0. The monoisotopic (exact) mass is 394 g/mol. The topological polar surface area (TPSA) is 113 Å². The number of amides is 2. The van der Waals surface area contributed by atoms with Crippen molar-refractivity contribution in [3.63, 3.8) is 0 Å². The van der Waals surface area contributed by atoms with E-state index in [1.807, 2.05) is 12.1 Å². The second kappa shape index (κ2) is 9.29. The van der Waals surface area contributed by atoms with E-state index in [2.05, 4.69) is 5.32 Å². The minimum Gasteiger partial charge on any atom is -0.481 e. The van der Waals surface area contributed by atoms with E-state index in [9.17, 15) is 23.6 Å². The zero-order valence-electron chi connectivity index (χ0n) is 15.7. The molecule has 9 heteroatoms. The largest absolute Gasteiger partial charge is 0.481 e. The van der Waals surface area contributed by atoms with Crippen LogP contribution in [0.3, 0.4) is 0 Å². The fourth-order valence-electron chi connectivity index (χ4n) is 2.96. The number of carboxylic acids is 1. The van der Waals surface area contributed by atoms with Gasteiger partial charge in [-0.25, -0.2) is 9.18 Å². The van der Waals surface area contributed by atoms with E-state index in [1.54, 1.807) is 26.0 Å². The number of halogens is 1. The summed E-state index contributed by atoms with van der Waals surface area (Å²) in [5, 5.41) is 11.0. The number of hydrogen-bond acceptors (Lipinski definition) is 5. The quantitative estimate of drug-likeness (QED) is 0.694. The van der Waals surface area contributed by atoms with Crippen molar-refractivity contribution in [1.82, 2.24) is 5.32 Å². The number of benzene rings is 1. The van der Waals surface area contributed by atoms with Crippen molar-refractivity contribution in [2.24, 2.45) is 5.92 Å². The number of rotatable bonds is 8. The highest BCUT2D eigenvalue weighted by Gasteiger charge is 2.34. The van der Waals surface area contributed by atoms with Gasteiger partial charge in [0.25, 0.3) is 5.91 Å². The Kier molecular flexibility index (Phi) is 7.08. The van der Waals surface area contributed by atoms with Crippen molar-refractivity contribution < 1.29 is 33.4 Å². The van der Waals surface area contributed by atoms with Crippen LogP contribution in [0.1, 0.15) is 25.8 Å². The molecule has 0 bridgehead atoms. The molecule has 2 N–H and O–H groups in total. The van der Waals surface area contributed by atoms with Gasteiger partial charge in [-0.15, -0.1) is 0 Å². The molecule has 0 aliphatic carbocycles. The first kappa shape index (κ1) is 21.3. The molecule has 152 valence electrons. The second-order valence-electron chi connectivity index (χ2n) is 6.84. The molecule has 0 aromatic heterocycles. The minimum absolute atomic E-state index is 0.409. The molecule has 1 aromatic rings. The number of carboxylic acid groups (broad SMARTS) is 1. The third kappa shape index (κ3) is 5.05. The zero-order chi connectivity index (χ0) is 20.8. The number of carbonyl (C=O) groups is 4. The molecule has 28 heavy (non-hydrogen) atoms. The molecule has 0 saturated carbocycles. The average molecular weight is 394 g/mol. The number of hydrogen-bond donors (Lipinski definition) is 2. The van der Waals surface area contributed by atoms with Crippen LogP contribution in [0, 0.1) is 5.92 Å². The number of fused-ring (bicyclic) bond motifs is 1. The fourth-order valence-corrected chi connectivity index (χ4v) is 2.96. The summed E-state index contributed by atoms with van der Waals surface area (Å²) in [7, 11) is 0. The Morgan fingerprint density at radius 1 is 1.25 bits per heavy atom. The smallest absolute Gasteiger partial charge is 0.415 e. The van der Waals surface area contributed by atoms with E-state index in [1.165, 1.54) is 4.90 Å². The minimum atomic E-state index is -1.53. The number of nitrogens with one attached hydrogen (secondary N) is 1. The molecule has 8 nitrogen and oxygen atoms in total. The lowest BCUT2D eigenvalue weighted by molar-refractivity contribution is -0.141. The third-order valence-corrected chi connectivity index (χ3v) is 4.41. The summed E-state index contributed by atoms with van der Waals surface area (Å²) in [5.41, 5.74) is 1.69. The van der Waals surface area contributed by atoms with Crippen LogP contribution < -0.4 is 10.2 Å². The van der Waals surface area contributed by atoms with Crippen LogP contribution in [-0.4, -0.2) is 54.2 Å². The number of anilines is 1. The van der Waals surface area contributed by atoms with Crippen LogP contribution in [0.25, 0.3) is 0 Å². The predicted molar refractivity (Wildman–Crippen MR) is 97.8 cm³/mol. The average Bonchev–Trinajstić information content (AvgIpc) is 3.08. The van der Waals surface area contributed by atoms with Gasteiger partial charge >= 0.3 is 12.1 Å². The highest BCUT2D eigenvalue weighted by molar-refractivity contribution is 5.95. The summed E-state index contributed by atoms with van der Waals surface area (Å²) in [6, 6.07) is 5.80. The molecule has 0 saturated heterocycles. The highest BCUT2D eigenvalue weighted by atomic mass is 19.1. The maximum absolute atomic E-state index is 12.7. The zero-order valence-corrected chi connectivity index (χ0v) is 15.7. The predicted octanol–water partition coefficient (Wildman–Crippen LogP) is 1.71. The number of carbonyl (C=O) groups excluding carboxylic acids is 3. The van der Waals surface area contributed by atoms with Gasteiger partial charge in [-0.05, 0) is 24.0 Å². The van der Waals surface area contributed by atoms with Gasteiger partial charge in [0.15, 0.2) is 11.9 Å². The summed E-state index contributed by atoms with van der Waals surface area (Å²) in [5.74, 6) is -3.71. The first-order valence-electron chi connectivity index (χ1n) is 8.91. The fraction of sp³-hybridized carbons (Fsp3) is 0.474. The van der Waals surface area contributed by atoms with Gasteiger partial charge in [0.05, 0.1) is 12.1 Å². The number of alkyl halides is 1. The van der Waals surface area contributed by atoms with Gasteiger partial charge in [-0.1, -0.05) is 32.0 Å². The molecule has 2 atom stereocenters. The van der Waals surface area contributed by atoms with Crippen LogP contribution in [-0.2, 0) is 25.5 Å². The Morgan fingerprint density at radius 2 is 1.93 bits per heavy atom. The summed E-state index contributed by atoms with van der Waals surface area (Å²) < 4.78 is 18.0. The number of Topliss-reactive ketones (excluding diaryl/α,β-unsaturated/α-hetero) is 1. The second-order valence-corrected chi connectivity index (χ2v) is 6.84. The van der Waals surface area contributed by atoms with Crippen LogP contribution in [0.15, 0.2) is 24.3 Å². The lowest BCUT2D eigenvalue weighted by Gasteiger charge is -2.26. The molecule has 2 amide bonds. The first-order chi connectivity index (χ1) is 13.2. The Labute approximate surface area is 161 Å². The van der Waals surface area contributed by atoms with E-state index < -0.39 is 54.9 Å². The van der Waals surface area contributed by atoms with Gasteiger partial charge in [-0.3, -0.25) is 19.3 Å². The lowest BCUT2D eigenvalue weighted by Crippen LogP contribution is -2.50. The molecule has 1 unspecified atom stereocenters. The van der Waals surface area contributed by atoms with E-state index in [0.29, 0.717) is 18.7 Å². The number of aliphatic carboxylic acids is 1. The summed E-state index contributed by atoms with van der Waals surface area (Å²) in [6.07, 6.45) is -2.07. The van der Waals surface area contributed by atoms with E-state index in [4.69, 9.17) is 9.84 Å². The Hall–Kier alpha value is -2.97. The molecule has 1 aliphatic heterocycles. The van der Waals surface area contributed by atoms with E-state index >= 15 is 0 Å². The van der Waals surface area contributed by atoms with Crippen LogP contribution in [0.2, 0.25) is 0 Å². The molecule has 1 heterocycles. The molecule has 0 radical (unpaired) electrons. The number of nitrogens with zero attached hydrogens (tertiary/aromatic N) is 1. The van der Waals surface area contributed by atoms with Crippen molar-refractivity contribution in [2.75, 3.05) is 18.1 Å². The van der Waals surface area contributed by atoms with Gasteiger partial charge in [0.1, 0.15) is 12.7 Å². The number of ketones is 1. The van der Waals surface area contributed by atoms with Crippen molar-refractivity contribution >= 4 is 29.4 Å². The van der Waals surface area contributed by atoms with Crippen molar-refractivity contribution in [2.45, 2.75) is 38.8 Å². The van der Waals surface area contributed by atoms with Crippen molar-refractivity contribution in [3.8, 4) is 0 Å². The molecule has 0 fully saturated rings. The van der Waals surface area contributed by atoms with Gasteiger partial charge in [-0.2, -0.15) is 0 Å². The molecule has 0 spiro atoms. The van der Waals surface area contributed by atoms with Crippen LogP contribution in [0.5, 0.6) is 0 Å². The van der Waals surface area contributed by atoms with E-state index in [0.717, 1.165) is 5.56 Å². The maximum atomic E-state index is 12.7. The van der Waals surface area contributed by atoms with E-state index in [-0.39, 0.29) is 0 Å². The Balaban J connectivity index is 2.10. The van der Waals surface area contributed by atoms with Gasteiger partial charge < -0.3 is 15.2 Å². The Bertz CT molecular complexity index is 767. The SMILES string of the molecule is CC(C)[C@H](OC(=O)N1CCc2ccccc21)C(=O)NC(CC(=O)O)C(=O)CF. The van der Waals surface area contributed by atoms with Crippen LogP contribution >= 0.6 is 0 Å². The molecule has 1 aromatic carbocycles. The molecule has 1 aliphatic rings. The maximum Gasteiger partial charge on any atom is 0.415 e. The van der Waals surface area contributed by atoms with Crippen molar-refractivity contribution in [1.29, 1.82) is 0 Å². The van der Waals surface area contributed by atoms with Gasteiger partial charge in [0, 0.05) is 6.54 Å². The van der Waals surface area contributed by atoms with Gasteiger partial charge in [0.2, 0.25) is 0 Å². The van der Waals surface area contributed by atoms with Crippen molar-refractivity contribution in [3.05, 3.63) is 29.8 Å². The molecule has 2 rings (SSSR count). The summed E-state index contributed by atoms with van der Waals surface area (Å²) >= 11 is 0.